The summed E-state index contributed by atoms with van der Waals surface area (Å²) in [7, 11) is -2.98. The molecular weight excluding hydrogens is 282 g/mol. The van der Waals surface area contributed by atoms with Gasteiger partial charge in [0.1, 0.15) is 22.0 Å². The number of fused-ring (bicyclic) bond motifs is 1. The van der Waals surface area contributed by atoms with Crippen LogP contribution in [0, 0.1) is 0 Å². The van der Waals surface area contributed by atoms with Gasteiger partial charge in [0.25, 0.3) is 0 Å². The first-order valence-corrected chi connectivity index (χ1v) is 8.36. The van der Waals surface area contributed by atoms with E-state index in [9.17, 15) is 13.2 Å². The van der Waals surface area contributed by atoms with E-state index in [1.807, 2.05) is 4.90 Å². The third-order valence-electron chi connectivity index (χ3n) is 3.12. The van der Waals surface area contributed by atoms with Gasteiger partial charge in [-0.15, -0.1) is 0 Å². The van der Waals surface area contributed by atoms with E-state index in [2.05, 4.69) is 0 Å². The van der Waals surface area contributed by atoms with E-state index in [1.54, 1.807) is 12.1 Å². The van der Waals surface area contributed by atoms with Crippen LogP contribution >= 0.6 is 0 Å². The van der Waals surface area contributed by atoms with E-state index in [-0.39, 0.29) is 11.3 Å². The number of benzene rings is 1. The van der Waals surface area contributed by atoms with Crippen molar-refractivity contribution in [1.82, 2.24) is 0 Å². The van der Waals surface area contributed by atoms with E-state index in [1.165, 1.54) is 12.3 Å². The number of para-hydroxylation sites is 1. The summed E-state index contributed by atoms with van der Waals surface area (Å²) in [5, 5.41) is 9.13. The molecule has 0 bridgehead atoms. The third-order valence-corrected chi connectivity index (χ3v) is 4.15. The molecule has 6 nitrogen and oxygen atoms in total. The summed E-state index contributed by atoms with van der Waals surface area (Å²) < 4.78 is 27.7. The first-order valence-electron chi connectivity index (χ1n) is 6.30. The minimum Gasteiger partial charge on any atom is -0.489 e. The molecule has 1 N–H and O–H groups in total. The zero-order valence-corrected chi connectivity index (χ0v) is 12.0. The van der Waals surface area contributed by atoms with Gasteiger partial charge in [-0.2, -0.15) is 0 Å². The maximum atomic E-state index is 11.1. The van der Waals surface area contributed by atoms with Crippen molar-refractivity contribution in [2.75, 3.05) is 36.6 Å². The normalized spacial score (nSPS) is 14.6. The van der Waals surface area contributed by atoms with Crippen LogP contribution in [0.2, 0.25) is 0 Å². The molecule has 1 aromatic rings. The van der Waals surface area contributed by atoms with Crippen LogP contribution < -0.4 is 9.64 Å². The van der Waals surface area contributed by atoms with E-state index in [4.69, 9.17) is 9.84 Å². The molecule has 7 heteroatoms. The number of carboxylic acids is 1. The van der Waals surface area contributed by atoms with Crippen molar-refractivity contribution in [3.8, 4) is 5.75 Å². The molecule has 0 fully saturated rings. The molecule has 0 spiro atoms. The zero-order valence-electron chi connectivity index (χ0n) is 11.2. The van der Waals surface area contributed by atoms with Crippen molar-refractivity contribution in [2.24, 2.45) is 0 Å². The predicted octanol–water partition coefficient (Wildman–Crippen LogP) is 1.02. The van der Waals surface area contributed by atoms with Crippen molar-refractivity contribution in [3.05, 3.63) is 23.8 Å². The van der Waals surface area contributed by atoms with Crippen LogP contribution in [0.25, 0.3) is 0 Å². The van der Waals surface area contributed by atoms with Crippen LogP contribution in [-0.2, 0) is 9.84 Å². The van der Waals surface area contributed by atoms with Crippen LogP contribution in [-0.4, -0.2) is 51.2 Å². The Morgan fingerprint density at radius 1 is 1.45 bits per heavy atom. The number of anilines is 1. The van der Waals surface area contributed by atoms with Crippen molar-refractivity contribution in [2.45, 2.75) is 6.42 Å². The number of ether oxygens (including phenoxy) is 1. The van der Waals surface area contributed by atoms with Crippen LogP contribution in [0.5, 0.6) is 5.75 Å². The molecule has 0 aromatic heterocycles. The average molecular weight is 299 g/mol. The Morgan fingerprint density at radius 3 is 2.85 bits per heavy atom. The van der Waals surface area contributed by atoms with Crippen LogP contribution in [0.3, 0.4) is 0 Å². The minimum absolute atomic E-state index is 0.123. The first kappa shape index (κ1) is 14.6. The Hall–Kier alpha value is -1.76. The zero-order chi connectivity index (χ0) is 14.8. The Balaban J connectivity index is 2.16. The third kappa shape index (κ3) is 3.41. The highest BCUT2D eigenvalue weighted by molar-refractivity contribution is 7.90. The summed E-state index contributed by atoms with van der Waals surface area (Å²) in [5.41, 5.74) is 0.847. The fourth-order valence-electron chi connectivity index (χ4n) is 2.22. The maximum Gasteiger partial charge on any atom is 0.339 e. The van der Waals surface area contributed by atoms with E-state index < -0.39 is 15.8 Å². The first-order chi connectivity index (χ1) is 9.38. The second-order valence-electron chi connectivity index (χ2n) is 4.78. The number of hydrogen-bond donors (Lipinski definition) is 1. The number of nitrogens with zero attached hydrogens (tertiary/aromatic N) is 1. The summed E-state index contributed by atoms with van der Waals surface area (Å²) in [6.07, 6.45) is 1.72. The second-order valence-corrected chi connectivity index (χ2v) is 7.04. The summed E-state index contributed by atoms with van der Waals surface area (Å²) in [6, 6.07) is 4.96. The van der Waals surface area contributed by atoms with E-state index in [0.29, 0.717) is 37.6 Å². The number of rotatable bonds is 5. The van der Waals surface area contributed by atoms with Gasteiger partial charge in [0.15, 0.2) is 5.75 Å². The topological polar surface area (TPSA) is 83.9 Å². The van der Waals surface area contributed by atoms with Gasteiger partial charge < -0.3 is 14.7 Å². The quantitative estimate of drug-likeness (QED) is 0.874. The molecule has 0 saturated heterocycles. The lowest BCUT2D eigenvalue weighted by Gasteiger charge is -2.31. The molecule has 1 aliphatic heterocycles. The second kappa shape index (κ2) is 5.70. The van der Waals surface area contributed by atoms with Crippen LogP contribution in [0.4, 0.5) is 5.69 Å². The van der Waals surface area contributed by atoms with Gasteiger partial charge in [-0.3, -0.25) is 0 Å². The van der Waals surface area contributed by atoms with Gasteiger partial charge in [-0.05, 0) is 18.6 Å². The van der Waals surface area contributed by atoms with Crippen molar-refractivity contribution in [3.63, 3.8) is 0 Å². The Bertz CT molecular complexity index is 611. The highest BCUT2D eigenvalue weighted by Gasteiger charge is 2.23. The highest BCUT2D eigenvalue weighted by Crippen LogP contribution is 2.34. The summed E-state index contributed by atoms with van der Waals surface area (Å²) >= 11 is 0. The van der Waals surface area contributed by atoms with Crippen LogP contribution in [0.15, 0.2) is 18.2 Å². The largest absolute Gasteiger partial charge is 0.489 e. The summed E-state index contributed by atoms with van der Waals surface area (Å²) in [4.78, 5) is 13.1. The number of carboxylic acid groups (broad SMARTS) is 1. The molecule has 1 aliphatic rings. The van der Waals surface area contributed by atoms with Crippen molar-refractivity contribution in [1.29, 1.82) is 0 Å². The van der Waals surface area contributed by atoms with Gasteiger partial charge in [-0.1, -0.05) is 6.07 Å². The minimum atomic E-state index is -2.98. The molecule has 110 valence electrons. The molecule has 0 saturated carbocycles. The Labute approximate surface area is 117 Å². The Kier molecular flexibility index (Phi) is 4.17. The molecule has 2 rings (SSSR count). The molecule has 1 heterocycles. The van der Waals surface area contributed by atoms with Gasteiger partial charge in [-0.25, -0.2) is 13.2 Å². The van der Waals surface area contributed by atoms with Gasteiger partial charge in [0.2, 0.25) is 0 Å². The lowest BCUT2D eigenvalue weighted by molar-refractivity contribution is 0.0692. The lowest BCUT2D eigenvalue weighted by atomic mass is 10.1. The van der Waals surface area contributed by atoms with Crippen molar-refractivity contribution < 1.29 is 23.1 Å². The monoisotopic (exact) mass is 299 g/mol. The molecule has 0 aliphatic carbocycles. The fourth-order valence-corrected chi connectivity index (χ4v) is 2.88. The molecule has 0 radical (unpaired) electrons. The standard InChI is InChI=1S/C13H17NO5S/c1-20(17,18)9-3-6-14-7-8-19-12-10(13(15)16)4-2-5-11(12)14/h2,4-5H,3,6-9H2,1H3,(H,15,16). The van der Waals surface area contributed by atoms with Gasteiger partial charge in [0, 0.05) is 12.8 Å². The molecule has 1 aromatic carbocycles. The van der Waals surface area contributed by atoms with Gasteiger partial charge in [0.05, 0.1) is 18.0 Å². The highest BCUT2D eigenvalue weighted by atomic mass is 32.2. The molecule has 0 atom stereocenters. The molecule has 0 unspecified atom stereocenters. The number of hydrogen-bond acceptors (Lipinski definition) is 5. The summed E-state index contributed by atoms with van der Waals surface area (Å²) in [5.74, 6) is -0.538. The molecule has 20 heavy (non-hydrogen) atoms. The number of carbonyl (C=O) groups is 1. The Morgan fingerprint density at radius 2 is 2.20 bits per heavy atom. The maximum absolute atomic E-state index is 11.1. The van der Waals surface area contributed by atoms with Gasteiger partial charge >= 0.3 is 5.97 Å². The molecule has 0 amide bonds. The van der Waals surface area contributed by atoms with E-state index in [0.717, 1.165) is 0 Å². The lowest BCUT2D eigenvalue weighted by Crippen LogP contribution is -2.34. The summed E-state index contributed by atoms with van der Waals surface area (Å²) in [6.45, 7) is 1.59. The smallest absolute Gasteiger partial charge is 0.339 e. The SMILES string of the molecule is CS(=O)(=O)CCCN1CCOc2c(C(=O)O)cccc21. The average Bonchev–Trinajstić information content (AvgIpc) is 2.36. The predicted molar refractivity (Wildman–Crippen MR) is 75.4 cm³/mol. The molecular formula is C13H17NO5S. The number of sulfone groups is 1. The van der Waals surface area contributed by atoms with Crippen LogP contribution in [0.1, 0.15) is 16.8 Å². The number of aromatic carboxylic acids is 1. The van der Waals surface area contributed by atoms with E-state index >= 15 is 0 Å². The fraction of sp³-hybridized carbons (Fsp3) is 0.462. The van der Waals surface area contributed by atoms with Crippen molar-refractivity contribution >= 4 is 21.5 Å².